The second-order valence-electron chi connectivity index (χ2n) is 4.53. The maximum absolute atomic E-state index is 12.9. The Morgan fingerprint density at radius 2 is 2.19 bits per heavy atom. The lowest BCUT2D eigenvalue weighted by molar-refractivity contribution is -0.125. The maximum atomic E-state index is 12.9. The number of nitrogens with zero attached hydrogens (tertiary/aromatic N) is 1. The highest BCUT2D eigenvalue weighted by Gasteiger charge is 2.32. The first-order chi connectivity index (χ1) is 10.1. The summed E-state index contributed by atoms with van der Waals surface area (Å²) in [7, 11) is 0. The van der Waals surface area contributed by atoms with E-state index in [9.17, 15) is 14.0 Å². The predicted octanol–water partition coefficient (Wildman–Crippen LogP) is 1.30. The third-order valence-electron chi connectivity index (χ3n) is 2.98. The SMILES string of the molecule is CCOCC(=O)NC[C@H]1CN(c2ccc(F)cc2)C(=O)O1. The normalized spacial score (nSPS) is 17.7. The van der Waals surface area contributed by atoms with Gasteiger partial charge in [0.25, 0.3) is 0 Å². The van der Waals surface area contributed by atoms with E-state index in [2.05, 4.69) is 5.32 Å². The zero-order chi connectivity index (χ0) is 15.2. The smallest absolute Gasteiger partial charge is 0.414 e. The summed E-state index contributed by atoms with van der Waals surface area (Å²) in [5.74, 6) is -0.626. The molecule has 0 aliphatic carbocycles. The number of hydrogen-bond acceptors (Lipinski definition) is 4. The van der Waals surface area contributed by atoms with Crippen LogP contribution in [0, 0.1) is 5.82 Å². The molecule has 7 heteroatoms. The summed E-state index contributed by atoms with van der Waals surface area (Å²) >= 11 is 0. The largest absolute Gasteiger partial charge is 0.442 e. The van der Waals surface area contributed by atoms with Crippen molar-refractivity contribution in [2.45, 2.75) is 13.0 Å². The summed E-state index contributed by atoms with van der Waals surface area (Å²) < 4.78 is 23.0. The molecule has 1 saturated heterocycles. The van der Waals surface area contributed by atoms with Gasteiger partial charge < -0.3 is 14.8 Å². The highest BCUT2D eigenvalue weighted by atomic mass is 19.1. The molecule has 6 nitrogen and oxygen atoms in total. The lowest BCUT2D eigenvalue weighted by atomic mass is 10.2. The summed E-state index contributed by atoms with van der Waals surface area (Å²) in [5.41, 5.74) is 0.560. The first kappa shape index (κ1) is 15.2. The number of benzene rings is 1. The molecule has 1 N–H and O–H groups in total. The first-order valence-electron chi connectivity index (χ1n) is 6.68. The van der Waals surface area contributed by atoms with Crippen molar-refractivity contribution < 1.29 is 23.5 Å². The van der Waals surface area contributed by atoms with E-state index in [1.54, 1.807) is 6.92 Å². The molecular formula is C14H17FN2O4. The molecule has 0 saturated carbocycles. The number of carbonyl (C=O) groups excluding carboxylic acids is 2. The summed E-state index contributed by atoms with van der Waals surface area (Å²) in [5, 5.41) is 2.63. The second kappa shape index (κ2) is 7.03. The fourth-order valence-electron chi connectivity index (χ4n) is 1.93. The molecule has 1 aliphatic rings. The highest BCUT2D eigenvalue weighted by Crippen LogP contribution is 2.21. The minimum Gasteiger partial charge on any atom is -0.442 e. The summed E-state index contributed by atoms with van der Waals surface area (Å²) in [6, 6.07) is 5.57. The topological polar surface area (TPSA) is 67.9 Å². The molecule has 1 heterocycles. The fraction of sp³-hybridized carbons (Fsp3) is 0.429. The molecule has 1 aliphatic heterocycles. The van der Waals surface area contributed by atoms with Crippen molar-refractivity contribution in [1.29, 1.82) is 0 Å². The number of halogens is 1. The van der Waals surface area contributed by atoms with Crippen molar-refractivity contribution in [1.82, 2.24) is 5.32 Å². The highest BCUT2D eigenvalue weighted by molar-refractivity contribution is 5.89. The molecule has 1 aromatic carbocycles. The molecule has 1 atom stereocenters. The molecule has 0 unspecified atom stereocenters. The predicted molar refractivity (Wildman–Crippen MR) is 73.5 cm³/mol. The Morgan fingerprint density at radius 3 is 2.86 bits per heavy atom. The van der Waals surface area contributed by atoms with E-state index in [0.29, 0.717) is 18.8 Å². The average Bonchev–Trinajstić information content (AvgIpc) is 2.85. The molecule has 1 aromatic rings. The fourth-order valence-corrected chi connectivity index (χ4v) is 1.93. The van der Waals surface area contributed by atoms with Crippen LogP contribution >= 0.6 is 0 Å². The number of rotatable bonds is 6. The van der Waals surface area contributed by atoms with Gasteiger partial charge in [0.15, 0.2) is 0 Å². The molecule has 0 spiro atoms. The Bertz CT molecular complexity index is 506. The van der Waals surface area contributed by atoms with Gasteiger partial charge in [-0.05, 0) is 31.2 Å². The Balaban J connectivity index is 1.85. The number of anilines is 1. The Labute approximate surface area is 121 Å². The van der Waals surface area contributed by atoms with Crippen molar-refractivity contribution in [3.05, 3.63) is 30.1 Å². The summed E-state index contributed by atoms with van der Waals surface area (Å²) in [6.45, 7) is 2.77. The number of hydrogen-bond donors (Lipinski definition) is 1. The third-order valence-corrected chi connectivity index (χ3v) is 2.98. The molecule has 0 aromatic heterocycles. The monoisotopic (exact) mass is 296 g/mol. The Kier molecular flexibility index (Phi) is 5.10. The van der Waals surface area contributed by atoms with Crippen LogP contribution in [0.2, 0.25) is 0 Å². The molecule has 1 fully saturated rings. The van der Waals surface area contributed by atoms with Crippen LogP contribution in [0.15, 0.2) is 24.3 Å². The summed E-state index contributed by atoms with van der Waals surface area (Å²) in [4.78, 5) is 24.6. The summed E-state index contributed by atoms with van der Waals surface area (Å²) in [6.07, 6.45) is -0.946. The van der Waals surface area contributed by atoms with Crippen LogP contribution in [-0.2, 0) is 14.3 Å². The van der Waals surface area contributed by atoms with Gasteiger partial charge >= 0.3 is 6.09 Å². The number of nitrogens with one attached hydrogen (secondary N) is 1. The zero-order valence-corrected chi connectivity index (χ0v) is 11.7. The minimum absolute atomic E-state index is 0.0150. The van der Waals surface area contributed by atoms with E-state index in [-0.39, 0.29) is 24.9 Å². The van der Waals surface area contributed by atoms with Gasteiger partial charge in [-0.1, -0.05) is 0 Å². The van der Waals surface area contributed by atoms with Crippen LogP contribution in [0.5, 0.6) is 0 Å². The van der Waals surface area contributed by atoms with Gasteiger partial charge in [-0.25, -0.2) is 9.18 Å². The minimum atomic E-state index is -0.509. The van der Waals surface area contributed by atoms with Crippen molar-refractivity contribution in [3.8, 4) is 0 Å². The maximum Gasteiger partial charge on any atom is 0.414 e. The van der Waals surface area contributed by atoms with Gasteiger partial charge in [-0.2, -0.15) is 0 Å². The van der Waals surface area contributed by atoms with E-state index < -0.39 is 12.2 Å². The van der Waals surface area contributed by atoms with Gasteiger partial charge in [0, 0.05) is 12.3 Å². The van der Waals surface area contributed by atoms with E-state index in [1.807, 2.05) is 0 Å². The number of ether oxygens (including phenoxy) is 2. The van der Waals surface area contributed by atoms with Crippen molar-refractivity contribution in [2.75, 3.05) is 31.2 Å². The third kappa shape index (κ3) is 4.16. The van der Waals surface area contributed by atoms with Crippen molar-refractivity contribution >= 4 is 17.7 Å². The van der Waals surface area contributed by atoms with Crippen LogP contribution < -0.4 is 10.2 Å². The number of carbonyl (C=O) groups is 2. The van der Waals surface area contributed by atoms with E-state index >= 15 is 0 Å². The molecule has 0 bridgehead atoms. The van der Waals surface area contributed by atoms with Crippen LogP contribution in [-0.4, -0.2) is 44.4 Å². The van der Waals surface area contributed by atoms with E-state index in [0.717, 1.165) is 0 Å². The lowest BCUT2D eigenvalue weighted by Crippen LogP contribution is -2.36. The molecule has 2 rings (SSSR count). The van der Waals surface area contributed by atoms with Crippen molar-refractivity contribution in [2.24, 2.45) is 0 Å². The van der Waals surface area contributed by atoms with Gasteiger partial charge in [-0.3, -0.25) is 9.69 Å². The van der Waals surface area contributed by atoms with Crippen molar-refractivity contribution in [3.63, 3.8) is 0 Å². The quantitative estimate of drug-likeness (QED) is 0.859. The molecular weight excluding hydrogens is 279 g/mol. The molecule has 0 radical (unpaired) electrons. The van der Waals surface area contributed by atoms with Crippen LogP contribution in [0.4, 0.5) is 14.9 Å². The second-order valence-corrected chi connectivity index (χ2v) is 4.53. The number of cyclic esters (lactones) is 1. The average molecular weight is 296 g/mol. The van der Waals surface area contributed by atoms with Crippen LogP contribution in [0.3, 0.4) is 0 Å². The van der Waals surface area contributed by atoms with Gasteiger partial charge in [0.1, 0.15) is 18.5 Å². The molecule has 21 heavy (non-hydrogen) atoms. The van der Waals surface area contributed by atoms with Gasteiger partial charge in [-0.15, -0.1) is 0 Å². The standard InChI is InChI=1S/C14H17FN2O4/c1-2-20-9-13(18)16-7-12-8-17(14(19)21-12)11-5-3-10(15)4-6-11/h3-6,12H,2,7-9H2,1H3,(H,16,18)/t12-/m0/s1. The molecule has 114 valence electrons. The zero-order valence-electron chi connectivity index (χ0n) is 11.7. The molecule has 2 amide bonds. The number of amides is 2. The van der Waals surface area contributed by atoms with Crippen LogP contribution in [0.25, 0.3) is 0 Å². The van der Waals surface area contributed by atoms with E-state index in [4.69, 9.17) is 9.47 Å². The first-order valence-corrected chi connectivity index (χ1v) is 6.68. The van der Waals surface area contributed by atoms with Gasteiger partial charge in [0.2, 0.25) is 5.91 Å². The lowest BCUT2D eigenvalue weighted by Gasteiger charge is -2.13. The van der Waals surface area contributed by atoms with E-state index in [1.165, 1.54) is 29.2 Å². The van der Waals surface area contributed by atoms with Gasteiger partial charge in [0.05, 0.1) is 13.1 Å². The van der Waals surface area contributed by atoms with Crippen LogP contribution in [0.1, 0.15) is 6.92 Å². The Hall–Kier alpha value is -2.15. The Morgan fingerprint density at radius 1 is 1.48 bits per heavy atom.